The summed E-state index contributed by atoms with van der Waals surface area (Å²) >= 11 is 0. The van der Waals surface area contributed by atoms with Gasteiger partial charge in [-0.1, -0.05) is 6.08 Å². The molecule has 0 radical (unpaired) electrons. The summed E-state index contributed by atoms with van der Waals surface area (Å²) in [6.45, 7) is 10.6. The summed E-state index contributed by atoms with van der Waals surface area (Å²) in [4.78, 5) is 11.7. The zero-order valence-electron chi connectivity index (χ0n) is 11.6. The molecule has 1 aromatic rings. The predicted octanol–water partition coefficient (Wildman–Crippen LogP) is 0.817. The minimum absolute atomic E-state index is 0.0194. The molecule has 0 bridgehead atoms. The third-order valence-corrected chi connectivity index (χ3v) is 3.06. The average Bonchev–Trinajstić information content (AvgIpc) is 2.58. The van der Waals surface area contributed by atoms with Gasteiger partial charge in [0.1, 0.15) is 0 Å². The van der Waals surface area contributed by atoms with Gasteiger partial charge in [-0.2, -0.15) is 5.10 Å². The smallest absolute Gasteiger partial charge is 0.237 e. The summed E-state index contributed by atoms with van der Waals surface area (Å²) in [5.74, 6) is -0.0194. The van der Waals surface area contributed by atoms with Crippen molar-refractivity contribution in [3.05, 3.63) is 29.6 Å². The summed E-state index contributed by atoms with van der Waals surface area (Å²) < 4.78 is 1.86. The first-order valence-electron chi connectivity index (χ1n) is 6.08. The van der Waals surface area contributed by atoms with Crippen LogP contribution < -0.4 is 10.6 Å². The number of hydrogen-bond acceptors (Lipinski definition) is 3. The van der Waals surface area contributed by atoms with Crippen molar-refractivity contribution in [3.63, 3.8) is 0 Å². The Morgan fingerprint density at radius 3 is 2.72 bits per heavy atom. The van der Waals surface area contributed by atoms with Gasteiger partial charge >= 0.3 is 0 Å². The Bertz CT molecular complexity index is 436. The van der Waals surface area contributed by atoms with Crippen molar-refractivity contribution >= 4 is 5.91 Å². The van der Waals surface area contributed by atoms with Crippen LogP contribution in [-0.4, -0.2) is 28.3 Å². The van der Waals surface area contributed by atoms with Gasteiger partial charge in [0.25, 0.3) is 0 Å². The Morgan fingerprint density at radius 1 is 1.56 bits per heavy atom. The Morgan fingerprint density at radius 2 is 2.22 bits per heavy atom. The molecular weight excluding hydrogens is 228 g/mol. The highest BCUT2D eigenvalue weighted by Gasteiger charge is 2.14. The number of carbonyl (C=O) groups is 1. The number of nitrogens with one attached hydrogen (secondary N) is 2. The molecule has 18 heavy (non-hydrogen) atoms. The van der Waals surface area contributed by atoms with E-state index < -0.39 is 0 Å². The van der Waals surface area contributed by atoms with E-state index in [-0.39, 0.29) is 11.9 Å². The van der Waals surface area contributed by atoms with Crippen LogP contribution in [0.5, 0.6) is 0 Å². The number of aromatic nitrogens is 2. The second-order valence-corrected chi connectivity index (χ2v) is 4.41. The van der Waals surface area contributed by atoms with Crippen LogP contribution in [0.15, 0.2) is 12.7 Å². The van der Waals surface area contributed by atoms with Crippen molar-refractivity contribution in [2.45, 2.75) is 33.4 Å². The lowest BCUT2D eigenvalue weighted by Gasteiger charge is -2.13. The zero-order valence-corrected chi connectivity index (χ0v) is 11.6. The maximum absolute atomic E-state index is 11.7. The molecule has 0 saturated carbocycles. The fourth-order valence-electron chi connectivity index (χ4n) is 1.75. The van der Waals surface area contributed by atoms with Crippen molar-refractivity contribution < 1.29 is 4.79 Å². The fraction of sp³-hybridized carbons (Fsp3) is 0.538. The van der Waals surface area contributed by atoms with E-state index in [0.717, 1.165) is 17.0 Å². The molecule has 100 valence electrons. The third kappa shape index (κ3) is 3.43. The maximum Gasteiger partial charge on any atom is 0.237 e. The summed E-state index contributed by atoms with van der Waals surface area (Å²) in [5, 5.41) is 10.3. The van der Waals surface area contributed by atoms with Gasteiger partial charge in [0.15, 0.2) is 0 Å². The van der Waals surface area contributed by atoms with Gasteiger partial charge in [-0.3, -0.25) is 9.48 Å². The van der Waals surface area contributed by atoms with Gasteiger partial charge in [-0.05, 0) is 20.8 Å². The van der Waals surface area contributed by atoms with Crippen LogP contribution in [0.4, 0.5) is 0 Å². The minimum Gasteiger partial charge on any atom is -0.351 e. The summed E-state index contributed by atoms with van der Waals surface area (Å²) in [5.41, 5.74) is 3.28. The molecule has 1 heterocycles. The van der Waals surface area contributed by atoms with Crippen molar-refractivity contribution in [2.24, 2.45) is 7.05 Å². The van der Waals surface area contributed by atoms with E-state index in [4.69, 9.17) is 0 Å². The standard InChI is InChI=1S/C13H22N4O/c1-6-7-14-13(18)10(3)15-8-12-9(2)16-17(5)11(12)4/h6,10,15H,1,7-8H2,2-5H3,(H,14,18). The summed E-state index contributed by atoms with van der Waals surface area (Å²) in [7, 11) is 1.92. The third-order valence-electron chi connectivity index (χ3n) is 3.06. The van der Waals surface area contributed by atoms with Gasteiger partial charge in [-0.15, -0.1) is 6.58 Å². The lowest BCUT2D eigenvalue weighted by molar-refractivity contribution is -0.122. The first-order valence-corrected chi connectivity index (χ1v) is 6.08. The Balaban J connectivity index is 2.54. The molecule has 1 aromatic heterocycles. The molecule has 2 N–H and O–H groups in total. The minimum atomic E-state index is -0.232. The number of rotatable bonds is 6. The molecule has 1 unspecified atom stereocenters. The Kier molecular flexibility index (Phi) is 5.09. The number of nitrogens with zero attached hydrogens (tertiary/aromatic N) is 2. The van der Waals surface area contributed by atoms with Crippen LogP contribution in [0.25, 0.3) is 0 Å². The number of amides is 1. The normalized spacial score (nSPS) is 12.2. The predicted molar refractivity (Wildman–Crippen MR) is 72.2 cm³/mol. The average molecular weight is 250 g/mol. The molecule has 1 rings (SSSR count). The summed E-state index contributed by atoms with van der Waals surface area (Å²) in [6.07, 6.45) is 1.67. The van der Waals surface area contributed by atoms with E-state index in [1.807, 2.05) is 32.5 Å². The number of aryl methyl sites for hydroxylation is 2. The molecular formula is C13H22N4O. The fourth-order valence-corrected chi connectivity index (χ4v) is 1.75. The SMILES string of the molecule is C=CCNC(=O)C(C)NCc1c(C)nn(C)c1C. The van der Waals surface area contributed by atoms with E-state index in [1.165, 1.54) is 0 Å². The van der Waals surface area contributed by atoms with E-state index in [9.17, 15) is 4.79 Å². The molecule has 1 atom stereocenters. The van der Waals surface area contributed by atoms with Gasteiger partial charge in [-0.25, -0.2) is 0 Å². The number of carbonyl (C=O) groups excluding carboxylic acids is 1. The molecule has 0 fully saturated rings. The van der Waals surface area contributed by atoms with Gasteiger partial charge in [0.05, 0.1) is 11.7 Å². The number of hydrogen-bond donors (Lipinski definition) is 2. The van der Waals surface area contributed by atoms with Crippen molar-refractivity contribution in [1.82, 2.24) is 20.4 Å². The molecule has 0 aliphatic carbocycles. The van der Waals surface area contributed by atoms with Crippen LogP contribution >= 0.6 is 0 Å². The second-order valence-electron chi connectivity index (χ2n) is 4.41. The lowest BCUT2D eigenvalue weighted by Crippen LogP contribution is -2.41. The van der Waals surface area contributed by atoms with Gasteiger partial charge in [0.2, 0.25) is 5.91 Å². The van der Waals surface area contributed by atoms with Crippen LogP contribution in [0.1, 0.15) is 23.9 Å². The highest BCUT2D eigenvalue weighted by molar-refractivity contribution is 5.81. The monoisotopic (exact) mass is 250 g/mol. The Hall–Kier alpha value is -1.62. The van der Waals surface area contributed by atoms with Crippen LogP contribution in [0.2, 0.25) is 0 Å². The summed E-state index contributed by atoms with van der Waals surface area (Å²) in [6, 6.07) is -0.232. The zero-order chi connectivity index (χ0) is 13.7. The van der Waals surface area contributed by atoms with Crippen LogP contribution in [0.3, 0.4) is 0 Å². The Labute approximate surface area is 108 Å². The molecule has 0 aliphatic heterocycles. The van der Waals surface area contributed by atoms with Crippen LogP contribution in [-0.2, 0) is 18.4 Å². The molecule has 0 saturated heterocycles. The largest absolute Gasteiger partial charge is 0.351 e. The second kappa shape index (κ2) is 6.35. The van der Waals surface area contributed by atoms with Crippen LogP contribution in [0, 0.1) is 13.8 Å². The first kappa shape index (κ1) is 14.4. The lowest BCUT2D eigenvalue weighted by atomic mass is 10.2. The highest BCUT2D eigenvalue weighted by atomic mass is 16.2. The van der Waals surface area contributed by atoms with E-state index in [2.05, 4.69) is 22.3 Å². The highest BCUT2D eigenvalue weighted by Crippen LogP contribution is 2.11. The topological polar surface area (TPSA) is 59.0 Å². The van der Waals surface area contributed by atoms with Crippen molar-refractivity contribution in [1.29, 1.82) is 0 Å². The molecule has 0 aromatic carbocycles. The molecule has 5 heteroatoms. The maximum atomic E-state index is 11.7. The molecule has 5 nitrogen and oxygen atoms in total. The quantitative estimate of drug-likeness (QED) is 0.735. The van der Waals surface area contributed by atoms with Gasteiger partial charge in [0, 0.05) is 31.4 Å². The van der Waals surface area contributed by atoms with E-state index >= 15 is 0 Å². The van der Waals surface area contributed by atoms with E-state index in [0.29, 0.717) is 13.1 Å². The molecule has 0 spiro atoms. The van der Waals surface area contributed by atoms with Crippen molar-refractivity contribution in [2.75, 3.05) is 6.54 Å². The van der Waals surface area contributed by atoms with E-state index in [1.54, 1.807) is 6.08 Å². The van der Waals surface area contributed by atoms with Crippen molar-refractivity contribution in [3.8, 4) is 0 Å². The molecule has 1 amide bonds. The van der Waals surface area contributed by atoms with Gasteiger partial charge < -0.3 is 10.6 Å². The first-order chi connectivity index (χ1) is 8.47. The molecule has 0 aliphatic rings.